The van der Waals surface area contributed by atoms with Crippen LogP contribution in [0.3, 0.4) is 0 Å². The number of nitrogens with zero attached hydrogens (tertiary/aromatic N) is 1. The minimum absolute atomic E-state index is 0.275. The summed E-state index contributed by atoms with van der Waals surface area (Å²) in [6.07, 6.45) is 0.811. The van der Waals surface area contributed by atoms with Crippen LogP contribution in [0, 0.1) is 11.8 Å². The third kappa shape index (κ3) is 5.86. The Bertz CT molecular complexity index is 143. The van der Waals surface area contributed by atoms with Crippen molar-refractivity contribution < 1.29 is 0 Å². The Morgan fingerprint density at radius 1 is 1.55 bits per heavy atom. The molecule has 64 valence electrons. The van der Waals surface area contributed by atoms with E-state index in [1.54, 1.807) is 0 Å². The van der Waals surface area contributed by atoms with Gasteiger partial charge < -0.3 is 4.90 Å². The molecule has 0 aromatic heterocycles. The van der Waals surface area contributed by atoms with Gasteiger partial charge in [-0.25, -0.2) is 0 Å². The summed E-state index contributed by atoms with van der Waals surface area (Å²) in [5, 5.41) is 0. The Balaban J connectivity index is 3.63. The summed E-state index contributed by atoms with van der Waals surface area (Å²) in [7, 11) is 4.04. The maximum Gasteiger partial charge on any atom is 0.0446 e. The summed E-state index contributed by atoms with van der Waals surface area (Å²) in [5.74, 6) is 11.1. The molecule has 11 heavy (non-hydrogen) atoms. The Labute approximate surface area is 68.9 Å². The summed E-state index contributed by atoms with van der Waals surface area (Å²) >= 11 is 0. The van der Waals surface area contributed by atoms with Crippen LogP contribution in [0.5, 0.6) is 0 Å². The number of nitrogens with one attached hydrogen (secondary N) is 1. The highest BCUT2D eigenvalue weighted by Crippen LogP contribution is 1.90. The van der Waals surface area contributed by atoms with E-state index in [9.17, 15) is 0 Å². The van der Waals surface area contributed by atoms with Gasteiger partial charge in [0, 0.05) is 19.0 Å². The van der Waals surface area contributed by atoms with Crippen LogP contribution >= 0.6 is 0 Å². The lowest BCUT2D eigenvalue weighted by Gasteiger charge is -2.17. The average molecular weight is 155 g/mol. The van der Waals surface area contributed by atoms with Gasteiger partial charge in [-0.2, -0.15) is 0 Å². The number of hydrogen-bond acceptors (Lipinski definition) is 3. The molecule has 0 aliphatic rings. The van der Waals surface area contributed by atoms with E-state index >= 15 is 0 Å². The highest BCUT2D eigenvalue weighted by atomic mass is 15.3. The average Bonchev–Trinajstić information content (AvgIpc) is 1.97. The zero-order valence-corrected chi connectivity index (χ0v) is 7.52. The molecule has 0 radical (unpaired) electrons. The molecule has 0 bridgehead atoms. The van der Waals surface area contributed by atoms with Gasteiger partial charge in [0.2, 0.25) is 0 Å². The van der Waals surface area contributed by atoms with Crippen LogP contribution in [-0.4, -0.2) is 31.6 Å². The summed E-state index contributed by atoms with van der Waals surface area (Å²) in [6.45, 7) is 2.76. The predicted molar refractivity (Wildman–Crippen MR) is 47.7 cm³/mol. The van der Waals surface area contributed by atoms with E-state index in [1.807, 2.05) is 21.0 Å². The summed E-state index contributed by atoms with van der Waals surface area (Å²) in [6, 6.07) is 0.275. The SMILES string of the molecule is CC#CCC(CN(C)C)NN. The standard InChI is InChI=1S/C8H17N3/c1-4-5-6-8(10-9)7-11(2)3/h8,10H,6-7,9H2,1-3H3. The lowest BCUT2D eigenvalue weighted by molar-refractivity contribution is 0.342. The molecule has 0 saturated carbocycles. The van der Waals surface area contributed by atoms with Crippen LogP contribution in [0.25, 0.3) is 0 Å². The zero-order valence-electron chi connectivity index (χ0n) is 7.52. The maximum atomic E-state index is 5.32. The van der Waals surface area contributed by atoms with Crippen molar-refractivity contribution in [3.63, 3.8) is 0 Å². The smallest absolute Gasteiger partial charge is 0.0446 e. The molecule has 0 rings (SSSR count). The highest BCUT2D eigenvalue weighted by molar-refractivity contribution is 4.98. The molecule has 0 amide bonds. The van der Waals surface area contributed by atoms with Gasteiger partial charge in [0.1, 0.15) is 0 Å². The second-order valence-corrected chi connectivity index (χ2v) is 2.76. The fourth-order valence-electron chi connectivity index (χ4n) is 0.842. The Kier molecular flexibility index (Phi) is 5.86. The molecule has 0 saturated heterocycles. The molecule has 0 aliphatic heterocycles. The Morgan fingerprint density at radius 2 is 2.18 bits per heavy atom. The van der Waals surface area contributed by atoms with E-state index in [1.165, 1.54) is 0 Å². The quantitative estimate of drug-likeness (QED) is 0.335. The second kappa shape index (κ2) is 6.17. The minimum Gasteiger partial charge on any atom is -0.308 e. The van der Waals surface area contributed by atoms with Gasteiger partial charge in [0.05, 0.1) is 0 Å². The van der Waals surface area contributed by atoms with Crippen molar-refractivity contribution >= 4 is 0 Å². The minimum atomic E-state index is 0.275. The first-order chi connectivity index (χ1) is 5.20. The Hall–Kier alpha value is -0.560. The number of hydrogen-bond donors (Lipinski definition) is 2. The van der Waals surface area contributed by atoms with Gasteiger partial charge in [-0.3, -0.25) is 11.3 Å². The van der Waals surface area contributed by atoms with Crippen LogP contribution in [0.1, 0.15) is 13.3 Å². The van der Waals surface area contributed by atoms with Gasteiger partial charge in [-0.1, -0.05) is 0 Å². The molecule has 0 heterocycles. The summed E-state index contributed by atoms with van der Waals surface area (Å²) < 4.78 is 0. The van der Waals surface area contributed by atoms with E-state index in [2.05, 4.69) is 22.2 Å². The van der Waals surface area contributed by atoms with Crippen LogP contribution in [0.4, 0.5) is 0 Å². The van der Waals surface area contributed by atoms with Crippen molar-refractivity contribution in [2.75, 3.05) is 20.6 Å². The fraction of sp³-hybridized carbons (Fsp3) is 0.750. The topological polar surface area (TPSA) is 41.3 Å². The van der Waals surface area contributed by atoms with Gasteiger partial charge in [-0.05, 0) is 21.0 Å². The third-order valence-electron chi connectivity index (χ3n) is 1.35. The van der Waals surface area contributed by atoms with Crippen molar-refractivity contribution in [3.05, 3.63) is 0 Å². The number of hydrazine groups is 1. The first-order valence-electron chi connectivity index (χ1n) is 3.71. The van der Waals surface area contributed by atoms with Crippen LogP contribution < -0.4 is 11.3 Å². The lowest BCUT2D eigenvalue weighted by atomic mass is 10.2. The van der Waals surface area contributed by atoms with E-state index in [0.717, 1.165) is 13.0 Å². The van der Waals surface area contributed by atoms with E-state index in [4.69, 9.17) is 5.84 Å². The Morgan fingerprint density at radius 3 is 2.55 bits per heavy atom. The summed E-state index contributed by atoms with van der Waals surface area (Å²) in [4.78, 5) is 2.09. The molecule has 0 aromatic carbocycles. The van der Waals surface area contributed by atoms with Crippen molar-refractivity contribution in [3.8, 4) is 11.8 Å². The van der Waals surface area contributed by atoms with Gasteiger partial charge >= 0.3 is 0 Å². The van der Waals surface area contributed by atoms with E-state index in [-0.39, 0.29) is 6.04 Å². The molecule has 0 spiro atoms. The number of nitrogens with two attached hydrogens (primary N) is 1. The second-order valence-electron chi connectivity index (χ2n) is 2.76. The first-order valence-corrected chi connectivity index (χ1v) is 3.71. The van der Waals surface area contributed by atoms with Crippen molar-refractivity contribution in [2.24, 2.45) is 5.84 Å². The molecule has 1 atom stereocenters. The van der Waals surface area contributed by atoms with Gasteiger partial charge in [-0.15, -0.1) is 11.8 Å². The van der Waals surface area contributed by atoms with Gasteiger partial charge in [0.15, 0.2) is 0 Å². The highest BCUT2D eigenvalue weighted by Gasteiger charge is 2.04. The third-order valence-corrected chi connectivity index (χ3v) is 1.35. The molecular formula is C8H17N3. The molecular weight excluding hydrogens is 138 g/mol. The van der Waals surface area contributed by atoms with E-state index in [0.29, 0.717) is 0 Å². The number of rotatable bonds is 4. The molecule has 0 fully saturated rings. The normalized spacial score (nSPS) is 12.5. The van der Waals surface area contributed by atoms with Crippen LogP contribution in [0.15, 0.2) is 0 Å². The molecule has 3 heteroatoms. The first kappa shape index (κ1) is 10.4. The largest absolute Gasteiger partial charge is 0.308 e. The van der Waals surface area contributed by atoms with E-state index < -0.39 is 0 Å². The molecule has 0 aliphatic carbocycles. The molecule has 3 N–H and O–H groups in total. The van der Waals surface area contributed by atoms with Crippen molar-refractivity contribution in [1.82, 2.24) is 10.3 Å². The number of likely N-dealkylation sites (N-methyl/N-ethyl adjacent to an activating group) is 1. The molecule has 0 aromatic rings. The van der Waals surface area contributed by atoms with Crippen molar-refractivity contribution in [1.29, 1.82) is 0 Å². The molecule has 1 unspecified atom stereocenters. The lowest BCUT2D eigenvalue weighted by Crippen LogP contribution is -2.41. The monoisotopic (exact) mass is 155 g/mol. The van der Waals surface area contributed by atoms with Crippen LogP contribution in [-0.2, 0) is 0 Å². The molecule has 3 nitrogen and oxygen atoms in total. The van der Waals surface area contributed by atoms with Crippen LogP contribution in [0.2, 0.25) is 0 Å². The predicted octanol–water partition coefficient (Wildman–Crippen LogP) is -0.207. The summed E-state index contributed by atoms with van der Waals surface area (Å²) in [5.41, 5.74) is 2.72. The fourth-order valence-corrected chi connectivity index (χ4v) is 0.842. The maximum absolute atomic E-state index is 5.32. The van der Waals surface area contributed by atoms with Gasteiger partial charge in [0.25, 0.3) is 0 Å². The zero-order chi connectivity index (χ0) is 8.69. The van der Waals surface area contributed by atoms with Crippen molar-refractivity contribution in [2.45, 2.75) is 19.4 Å².